The molecule has 2 aliphatic heterocycles. The topological polar surface area (TPSA) is 41.6 Å². The summed E-state index contributed by atoms with van der Waals surface area (Å²) in [6, 6.07) is 12.6. The Morgan fingerprint density at radius 1 is 1.28 bits per heavy atom. The van der Waals surface area contributed by atoms with Crippen molar-refractivity contribution in [2.45, 2.75) is 44.4 Å². The number of fused-ring (bicyclic) bond motifs is 2. The minimum Gasteiger partial charge on any atom is -0.445 e. The van der Waals surface area contributed by atoms with Crippen molar-refractivity contribution in [3.05, 3.63) is 57.8 Å². The molecule has 3 heterocycles. The number of carbonyl (C=O) groups is 1. The van der Waals surface area contributed by atoms with Gasteiger partial charge in [-0.25, -0.2) is 4.79 Å². The van der Waals surface area contributed by atoms with Crippen LogP contribution in [0.1, 0.15) is 35.8 Å². The molecule has 1 atom stereocenters. The molecule has 0 radical (unpaired) electrons. The van der Waals surface area contributed by atoms with Crippen molar-refractivity contribution in [1.29, 1.82) is 0 Å². The Balaban J connectivity index is 1.38. The zero-order valence-electron chi connectivity index (χ0n) is 14.5. The van der Waals surface area contributed by atoms with E-state index in [0.717, 1.165) is 37.9 Å². The number of hydrogen-bond donors (Lipinski definition) is 1. The molecule has 25 heavy (non-hydrogen) atoms. The quantitative estimate of drug-likeness (QED) is 0.887. The zero-order chi connectivity index (χ0) is 17.3. The maximum absolute atomic E-state index is 12.4. The summed E-state index contributed by atoms with van der Waals surface area (Å²) < 4.78 is 5.49. The van der Waals surface area contributed by atoms with Gasteiger partial charge in [-0.3, -0.25) is 0 Å². The van der Waals surface area contributed by atoms with Crippen molar-refractivity contribution in [2.24, 2.45) is 0 Å². The van der Waals surface area contributed by atoms with Crippen LogP contribution >= 0.6 is 11.3 Å². The molecule has 0 bridgehead atoms. The van der Waals surface area contributed by atoms with Crippen LogP contribution in [0.15, 0.2) is 41.8 Å². The Hall–Kier alpha value is -1.85. The molecular weight excluding hydrogens is 332 g/mol. The highest BCUT2D eigenvalue weighted by atomic mass is 32.1. The first-order valence-corrected chi connectivity index (χ1v) is 9.84. The summed E-state index contributed by atoms with van der Waals surface area (Å²) in [6.07, 6.45) is 2.80. The van der Waals surface area contributed by atoms with Gasteiger partial charge in [0.2, 0.25) is 0 Å². The molecule has 1 unspecified atom stereocenters. The lowest BCUT2D eigenvalue weighted by atomic mass is 9.79. The number of nitrogens with zero attached hydrogens (tertiary/aromatic N) is 1. The lowest BCUT2D eigenvalue weighted by Gasteiger charge is -2.46. The second-order valence-electron chi connectivity index (χ2n) is 7.13. The molecule has 132 valence electrons. The van der Waals surface area contributed by atoms with Gasteiger partial charge in [0.05, 0.1) is 5.54 Å². The number of thiophene rings is 1. The van der Waals surface area contributed by atoms with Gasteiger partial charge in [-0.15, -0.1) is 11.3 Å². The van der Waals surface area contributed by atoms with E-state index in [1.54, 1.807) is 0 Å². The third-order valence-corrected chi connectivity index (χ3v) is 6.47. The number of ether oxygens (including phenoxy) is 1. The van der Waals surface area contributed by atoms with Crippen LogP contribution in [0.4, 0.5) is 4.79 Å². The molecule has 4 rings (SSSR count). The number of piperidine rings is 1. The number of rotatable bonds is 2. The lowest BCUT2D eigenvalue weighted by molar-refractivity contribution is 0.0684. The van der Waals surface area contributed by atoms with E-state index in [4.69, 9.17) is 4.74 Å². The van der Waals surface area contributed by atoms with E-state index < -0.39 is 0 Å². The summed E-state index contributed by atoms with van der Waals surface area (Å²) in [6.45, 7) is 4.07. The van der Waals surface area contributed by atoms with Gasteiger partial charge in [0.25, 0.3) is 0 Å². The monoisotopic (exact) mass is 356 g/mol. The van der Waals surface area contributed by atoms with Crippen molar-refractivity contribution in [2.75, 3.05) is 13.1 Å². The van der Waals surface area contributed by atoms with Crippen LogP contribution in [0.2, 0.25) is 0 Å². The molecule has 0 aliphatic carbocycles. The van der Waals surface area contributed by atoms with E-state index in [2.05, 4.69) is 23.7 Å². The SMILES string of the molecule is CC1Cc2ccsc2C2(CCN(C(=O)OCc3ccccc3)CC2)N1. The summed E-state index contributed by atoms with van der Waals surface area (Å²) in [4.78, 5) is 15.7. The van der Waals surface area contributed by atoms with Crippen molar-refractivity contribution in [3.8, 4) is 0 Å². The van der Waals surface area contributed by atoms with Gasteiger partial charge in [0.1, 0.15) is 6.61 Å². The van der Waals surface area contributed by atoms with Gasteiger partial charge < -0.3 is 15.0 Å². The van der Waals surface area contributed by atoms with Crippen LogP contribution in [0, 0.1) is 0 Å². The predicted octanol–water partition coefficient (Wildman–Crippen LogP) is 3.91. The number of hydrogen-bond acceptors (Lipinski definition) is 4. The van der Waals surface area contributed by atoms with E-state index in [0.29, 0.717) is 12.6 Å². The van der Waals surface area contributed by atoms with E-state index in [1.165, 1.54) is 10.4 Å². The van der Waals surface area contributed by atoms with Crippen LogP contribution in [0.25, 0.3) is 0 Å². The number of likely N-dealkylation sites (tertiary alicyclic amines) is 1. The molecule has 1 fully saturated rings. The van der Waals surface area contributed by atoms with Crippen molar-refractivity contribution < 1.29 is 9.53 Å². The molecule has 1 saturated heterocycles. The second kappa shape index (κ2) is 6.81. The Morgan fingerprint density at radius 2 is 2.04 bits per heavy atom. The molecule has 4 nitrogen and oxygen atoms in total. The lowest BCUT2D eigenvalue weighted by Crippen LogP contribution is -2.57. The number of nitrogens with one attached hydrogen (secondary N) is 1. The van der Waals surface area contributed by atoms with E-state index in [1.807, 2.05) is 46.6 Å². The smallest absolute Gasteiger partial charge is 0.410 e. The summed E-state index contributed by atoms with van der Waals surface area (Å²) >= 11 is 1.85. The average molecular weight is 356 g/mol. The van der Waals surface area contributed by atoms with Crippen LogP contribution in [-0.4, -0.2) is 30.1 Å². The maximum Gasteiger partial charge on any atom is 0.410 e. The first-order valence-electron chi connectivity index (χ1n) is 8.96. The Labute approximate surface area is 152 Å². The maximum atomic E-state index is 12.4. The molecule has 2 aromatic rings. The molecule has 5 heteroatoms. The largest absolute Gasteiger partial charge is 0.445 e. The molecule has 1 amide bonds. The normalized spacial score (nSPS) is 21.8. The first-order chi connectivity index (χ1) is 12.2. The first kappa shape index (κ1) is 16.6. The highest BCUT2D eigenvalue weighted by Gasteiger charge is 2.43. The molecule has 1 spiro atoms. The number of benzene rings is 1. The molecular formula is C20H24N2O2S. The summed E-state index contributed by atoms with van der Waals surface area (Å²) in [5.74, 6) is 0. The van der Waals surface area contributed by atoms with Gasteiger partial charge in [-0.1, -0.05) is 30.3 Å². The van der Waals surface area contributed by atoms with Crippen LogP contribution < -0.4 is 5.32 Å². The Bertz CT molecular complexity index is 735. The van der Waals surface area contributed by atoms with Gasteiger partial charge in [-0.05, 0) is 48.8 Å². The van der Waals surface area contributed by atoms with Gasteiger partial charge in [0.15, 0.2) is 0 Å². The molecule has 1 aromatic heterocycles. The minimum absolute atomic E-state index is 0.0391. The Morgan fingerprint density at radius 3 is 2.80 bits per heavy atom. The van der Waals surface area contributed by atoms with Crippen LogP contribution in [0.3, 0.4) is 0 Å². The van der Waals surface area contributed by atoms with Crippen LogP contribution in [0.5, 0.6) is 0 Å². The predicted molar refractivity (Wildman–Crippen MR) is 99.7 cm³/mol. The summed E-state index contributed by atoms with van der Waals surface area (Å²) in [5, 5.41) is 6.02. The zero-order valence-corrected chi connectivity index (χ0v) is 15.3. The summed E-state index contributed by atoms with van der Waals surface area (Å²) in [5.41, 5.74) is 2.55. The summed E-state index contributed by atoms with van der Waals surface area (Å²) in [7, 11) is 0. The fourth-order valence-electron chi connectivity index (χ4n) is 4.09. The van der Waals surface area contributed by atoms with Crippen molar-refractivity contribution in [3.63, 3.8) is 0 Å². The Kier molecular flexibility index (Phi) is 4.52. The second-order valence-corrected chi connectivity index (χ2v) is 8.05. The fraction of sp³-hybridized carbons (Fsp3) is 0.450. The van der Waals surface area contributed by atoms with E-state index in [9.17, 15) is 4.79 Å². The van der Waals surface area contributed by atoms with E-state index >= 15 is 0 Å². The minimum atomic E-state index is -0.200. The molecule has 2 aliphatic rings. The van der Waals surface area contributed by atoms with E-state index in [-0.39, 0.29) is 11.6 Å². The van der Waals surface area contributed by atoms with Gasteiger partial charge in [-0.2, -0.15) is 0 Å². The van der Waals surface area contributed by atoms with Crippen molar-refractivity contribution in [1.82, 2.24) is 10.2 Å². The number of amides is 1. The number of carbonyl (C=O) groups excluding carboxylic acids is 1. The molecule has 1 N–H and O–H groups in total. The standard InChI is InChI=1S/C20H24N2O2S/c1-15-13-17-7-12-25-18(17)20(21-15)8-10-22(11-9-20)19(23)24-14-16-5-3-2-4-6-16/h2-7,12,15,21H,8-11,13-14H2,1H3. The third kappa shape index (κ3) is 3.31. The third-order valence-electron chi connectivity index (χ3n) is 5.31. The van der Waals surface area contributed by atoms with Gasteiger partial charge >= 0.3 is 6.09 Å². The average Bonchev–Trinajstić information content (AvgIpc) is 3.10. The molecule has 0 saturated carbocycles. The highest BCUT2D eigenvalue weighted by Crippen LogP contribution is 2.41. The van der Waals surface area contributed by atoms with Crippen LogP contribution in [-0.2, 0) is 23.3 Å². The fourth-order valence-corrected chi connectivity index (χ4v) is 5.25. The highest BCUT2D eigenvalue weighted by molar-refractivity contribution is 7.10. The van der Waals surface area contributed by atoms with Gasteiger partial charge in [0, 0.05) is 24.0 Å². The molecule has 1 aromatic carbocycles. The van der Waals surface area contributed by atoms with Crippen molar-refractivity contribution >= 4 is 17.4 Å².